The molecule has 1 unspecified atom stereocenters. The van der Waals surface area contributed by atoms with Crippen molar-refractivity contribution in [1.82, 2.24) is 0 Å². The molecule has 0 aromatic carbocycles. The molecule has 0 radical (unpaired) electrons. The maximum Gasteiger partial charge on any atom is 0.0597 e. The van der Waals surface area contributed by atoms with Crippen LogP contribution in [0, 0.1) is 0 Å². The zero-order valence-electron chi connectivity index (χ0n) is 9.92. The highest BCUT2D eigenvalue weighted by atomic mass is 16.5. The van der Waals surface area contributed by atoms with E-state index in [9.17, 15) is 0 Å². The van der Waals surface area contributed by atoms with Crippen LogP contribution in [0.5, 0.6) is 0 Å². The van der Waals surface area contributed by atoms with Crippen LogP contribution in [0.3, 0.4) is 0 Å². The van der Waals surface area contributed by atoms with E-state index in [1.165, 1.54) is 57.8 Å². The van der Waals surface area contributed by atoms with Gasteiger partial charge in [0, 0.05) is 13.2 Å². The molecule has 1 aliphatic rings. The molecule has 1 rings (SSSR count). The first-order chi connectivity index (χ1) is 7.43. The molecule has 1 fully saturated rings. The Balaban J connectivity index is 1.66. The smallest absolute Gasteiger partial charge is 0.0597 e. The summed E-state index contributed by atoms with van der Waals surface area (Å²) in [6, 6.07) is 0. The lowest BCUT2D eigenvalue weighted by Gasteiger charge is -2.26. The van der Waals surface area contributed by atoms with Crippen molar-refractivity contribution in [3.8, 4) is 0 Å². The first-order valence-corrected chi connectivity index (χ1v) is 6.66. The Morgan fingerprint density at radius 3 is 1.87 bits per heavy atom. The average Bonchev–Trinajstić information content (AvgIpc) is 2.18. The number of rotatable bonds is 10. The van der Waals surface area contributed by atoms with Gasteiger partial charge in [0.2, 0.25) is 0 Å². The van der Waals surface area contributed by atoms with Crippen molar-refractivity contribution in [2.75, 3.05) is 13.2 Å². The van der Waals surface area contributed by atoms with Crippen LogP contribution in [0.25, 0.3) is 0 Å². The lowest BCUT2D eigenvalue weighted by Crippen LogP contribution is -2.26. The third-order valence-electron chi connectivity index (χ3n) is 3.23. The van der Waals surface area contributed by atoms with Crippen LogP contribution in [-0.2, 0) is 4.74 Å². The third kappa shape index (κ3) is 6.91. The van der Waals surface area contributed by atoms with E-state index in [4.69, 9.17) is 9.84 Å². The first kappa shape index (κ1) is 13.0. The minimum Gasteiger partial charge on any atom is -0.396 e. The second-order valence-corrected chi connectivity index (χ2v) is 4.62. The largest absolute Gasteiger partial charge is 0.396 e. The van der Waals surface area contributed by atoms with Gasteiger partial charge in [-0.1, -0.05) is 44.9 Å². The molecule has 0 spiro atoms. The van der Waals surface area contributed by atoms with E-state index >= 15 is 0 Å². The molecule has 0 amide bonds. The lowest BCUT2D eigenvalue weighted by atomic mass is 10.0. The van der Waals surface area contributed by atoms with Crippen molar-refractivity contribution < 1.29 is 9.84 Å². The van der Waals surface area contributed by atoms with E-state index in [2.05, 4.69) is 0 Å². The Kier molecular flexibility index (Phi) is 7.94. The minimum atomic E-state index is 0.362. The van der Waals surface area contributed by atoms with Gasteiger partial charge in [0.25, 0.3) is 0 Å². The Morgan fingerprint density at radius 1 is 0.867 bits per heavy atom. The summed E-state index contributed by atoms with van der Waals surface area (Å²) in [4.78, 5) is 0. The van der Waals surface area contributed by atoms with Gasteiger partial charge >= 0.3 is 0 Å². The maximum atomic E-state index is 8.61. The molecule has 1 atom stereocenters. The molecule has 0 bridgehead atoms. The van der Waals surface area contributed by atoms with Crippen molar-refractivity contribution in [2.45, 2.75) is 70.3 Å². The molecule has 1 heterocycles. The van der Waals surface area contributed by atoms with E-state index < -0.39 is 0 Å². The van der Waals surface area contributed by atoms with Crippen molar-refractivity contribution in [1.29, 1.82) is 0 Å². The summed E-state index contributed by atoms with van der Waals surface area (Å²) in [5.41, 5.74) is 0. The van der Waals surface area contributed by atoms with Crippen LogP contribution < -0.4 is 0 Å². The van der Waals surface area contributed by atoms with Crippen LogP contribution >= 0.6 is 0 Å². The van der Waals surface area contributed by atoms with Crippen LogP contribution in [0.4, 0.5) is 0 Å². The molecule has 1 saturated heterocycles. The molecule has 0 saturated carbocycles. The van der Waals surface area contributed by atoms with Gasteiger partial charge in [-0.15, -0.1) is 0 Å². The van der Waals surface area contributed by atoms with E-state index in [1.54, 1.807) is 0 Å². The molecule has 2 heteroatoms. The zero-order valence-corrected chi connectivity index (χ0v) is 9.92. The van der Waals surface area contributed by atoms with Crippen molar-refractivity contribution in [2.24, 2.45) is 0 Å². The monoisotopic (exact) mass is 214 g/mol. The predicted molar refractivity (Wildman–Crippen MR) is 63.0 cm³/mol. The molecular weight excluding hydrogens is 188 g/mol. The Hall–Kier alpha value is -0.0800. The SMILES string of the molecule is OCCCCCCCCCCC1CCO1. The standard InChI is InChI=1S/C13H26O2/c14-11-8-6-4-2-1-3-5-7-9-13-10-12-15-13/h13-14H,1-12H2. The summed E-state index contributed by atoms with van der Waals surface area (Å²) in [5, 5.41) is 8.61. The molecule has 1 aliphatic heterocycles. The second-order valence-electron chi connectivity index (χ2n) is 4.62. The number of aliphatic hydroxyl groups excluding tert-OH is 1. The summed E-state index contributed by atoms with van der Waals surface area (Å²) >= 11 is 0. The second kappa shape index (κ2) is 9.17. The van der Waals surface area contributed by atoms with E-state index in [0.717, 1.165) is 13.0 Å². The minimum absolute atomic E-state index is 0.362. The van der Waals surface area contributed by atoms with Crippen molar-refractivity contribution in [3.05, 3.63) is 0 Å². The van der Waals surface area contributed by atoms with Gasteiger partial charge < -0.3 is 9.84 Å². The van der Waals surface area contributed by atoms with Gasteiger partial charge in [-0.2, -0.15) is 0 Å². The molecule has 0 aromatic rings. The van der Waals surface area contributed by atoms with E-state index in [1.807, 2.05) is 0 Å². The lowest BCUT2D eigenvalue weighted by molar-refractivity contribution is -0.0555. The van der Waals surface area contributed by atoms with Crippen LogP contribution in [0.15, 0.2) is 0 Å². The Morgan fingerprint density at radius 2 is 1.40 bits per heavy atom. The zero-order chi connectivity index (χ0) is 10.8. The fraction of sp³-hybridized carbons (Fsp3) is 1.00. The molecule has 0 aromatic heterocycles. The van der Waals surface area contributed by atoms with Crippen molar-refractivity contribution >= 4 is 0 Å². The summed E-state index contributed by atoms with van der Waals surface area (Å²) < 4.78 is 5.38. The molecule has 1 N–H and O–H groups in total. The fourth-order valence-corrected chi connectivity index (χ4v) is 2.06. The average molecular weight is 214 g/mol. The number of hydrogen-bond donors (Lipinski definition) is 1. The van der Waals surface area contributed by atoms with Gasteiger partial charge in [0.15, 0.2) is 0 Å². The molecule has 0 aliphatic carbocycles. The number of ether oxygens (including phenoxy) is 1. The summed E-state index contributed by atoms with van der Waals surface area (Å²) in [7, 11) is 0. The third-order valence-corrected chi connectivity index (χ3v) is 3.23. The van der Waals surface area contributed by atoms with Gasteiger partial charge in [0.1, 0.15) is 0 Å². The van der Waals surface area contributed by atoms with Gasteiger partial charge in [-0.3, -0.25) is 0 Å². The molecule has 15 heavy (non-hydrogen) atoms. The van der Waals surface area contributed by atoms with Crippen LogP contribution in [-0.4, -0.2) is 24.4 Å². The first-order valence-electron chi connectivity index (χ1n) is 6.66. The molecule has 90 valence electrons. The van der Waals surface area contributed by atoms with Crippen LogP contribution in [0.1, 0.15) is 64.2 Å². The van der Waals surface area contributed by atoms with Crippen molar-refractivity contribution in [3.63, 3.8) is 0 Å². The predicted octanol–water partition coefficient (Wildman–Crippen LogP) is 3.28. The quantitative estimate of drug-likeness (QED) is 0.565. The van der Waals surface area contributed by atoms with Gasteiger partial charge in [-0.05, 0) is 19.3 Å². The number of aliphatic hydroxyl groups is 1. The molecule has 2 nitrogen and oxygen atoms in total. The maximum absolute atomic E-state index is 8.61. The fourth-order valence-electron chi connectivity index (χ4n) is 2.06. The van der Waals surface area contributed by atoms with Gasteiger partial charge in [0.05, 0.1) is 6.10 Å². The topological polar surface area (TPSA) is 29.5 Å². The normalized spacial score (nSPS) is 20.2. The summed E-state index contributed by atoms with van der Waals surface area (Å²) in [5.74, 6) is 0. The van der Waals surface area contributed by atoms with E-state index in [-0.39, 0.29) is 0 Å². The highest BCUT2D eigenvalue weighted by molar-refractivity contribution is 4.65. The Labute approximate surface area is 94.0 Å². The highest BCUT2D eigenvalue weighted by Gasteiger charge is 2.16. The summed E-state index contributed by atoms with van der Waals surface area (Å²) in [6.07, 6.45) is 13.5. The molecular formula is C13H26O2. The van der Waals surface area contributed by atoms with Crippen LogP contribution in [0.2, 0.25) is 0 Å². The number of unbranched alkanes of at least 4 members (excludes halogenated alkanes) is 7. The highest BCUT2D eigenvalue weighted by Crippen LogP contribution is 2.18. The summed E-state index contributed by atoms with van der Waals surface area (Å²) in [6.45, 7) is 1.36. The van der Waals surface area contributed by atoms with E-state index in [0.29, 0.717) is 12.7 Å². The van der Waals surface area contributed by atoms with Gasteiger partial charge in [-0.25, -0.2) is 0 Å². The Bertz CT molecular complexity index is 132. The number of hydrogen-bond acceptors (Lipinski definition) is 2.